The first kappa shape index (κ1) is 21.3. The summed E-state index contributed by atoms with van der Waals surface area (Å²) in [6, 6.07) is 3.98. The standard InChI is InChI=1S/C18H26N6O2.HI/c1-14-5-7-23(12-16(14)24-8-6-20-13-24)18(19-2)22-11-17(25)21-10-15-4-3-9-26-15;/h3-4,6,8-9,13-14,16H,5,7,10-12H2,1-2H3,(H,19,22)(H,21,25);1H. The quantitative estimate of drug-likeness (QED) is 0.383. The molecule has 2 atom stereocenters. The highest BCUT2D eigenvalue weighted by Gasteiger charge is 2.28. The van der Waals surface area contributed by atoms with E-state index in [1.165, 1.54) is 0 Å². The fourth-order valence-electron chi connectivity index (χ4n) is 3.25. The van der Waals surface area contributed by atoms with E-state index in [0.29, 0.717) is 18.5 Å². The maximum absolute atomic E-state index is 12.0. The molecule has 0 radical (unpaired) electrons. The van der Waals surface area contributed by atoms with Gasteiger partial charge in [0.15, 0.2) is 5.96 Å². The van der Waals surface area contributed by atoms with E-state index in [1.54, 1.807) is 19.4 Å². The highest BCUT2D eigenvalue weighted by molar-refractivity contribution is 14.0. The maximum Gasteiger partial charge on any atom is 0.239 e. The van der Waals surface area contributed by atoms with Crippen LogP contribution >= 0.6 is 24.0 Å². The number of nitrogens with one attached hydrogen (secondary N) is 2. The summed E-state index contributed by atoms with van der Waals surface area (Å²) >= 11 is 0. The minimum Gasteiger partial charge on any atom is -0.467 e. The van der Waals surface area contributed by atoms with Crippen LogP contribution in [0.5, 0.6) is 0 Å². The molecule has 1 amide bonds. The van der Waals surface area contributed by atoms with Gasteiger partial charge < -0.3 is 24.5 Å². The number of aromatic nitrogens is 2. The fraction of sp³-hybridized carbons (Fsp3) is 0.500. The number of likely N-dealkylation sites (tertiary alicyclic amines) is 1. The van der Waals surface area contributed by atoms with Gasteiger partial charge in [-0.2, -0.15) is 0 Å². The van der Waals surface area contributed by atoms with Gasteiger partial charge in [0, 0.05) is 32.5 Å². The highest BCUT2D eigenvalue weighted by atomic mass is 127. The van der Waals surface area contributed by atoms with Gasteiger partial charge in [-0.3, -0.25) is 9.79 Å². The Morgan fingerprint density at radius 3 is 2.96 bits per heavy atom. The Labute approximate surface area is 176 Å². The van der Waals surface area contributed by atoms with Crippen LogP contribution in [0.15, 0.2) is 46.5 Å². The number of halogens is 1. The van der Waals surface area contributed by atoms with E-state index in [-0.39, 0.29) is 36.4 Å². The third-order valence-corrected chi connectivity index (χ3v) is 4.78. The number of hydrogen-bond acceptors (Lipinski definition) is 4. The van der Waals surface area contributed by atoms with Crippen LogP contribution in [0.2, 0.25) is 0 Å². The topological polar surface area (TPSA) is 87.7 Å². The van der Waals surface area contributed by atoms with Crippen molar-refractivity contribution in [3.8, 4) is 0 Å². The van der Waals surface area contributed by atoms with Gasteiger partial charge in [0.05, 0.1) is 31.7 Å². The molecule has 9 heteroatoms. The molecular formula is C18H27IN6O2. The zero-order valence-electron chi connectivity index (χ0n) is 15.7. The normalized spacial score (nSPS) is 20.1. The van der Waals surface area contributed by atoms with Gasteiger partial charge in [0.1, 0.15) is 5.76 Å². The number of piperidine rings is 1. The molecule has 0 bridgehead atoms. The molecule has 1 aliphatic rings. The Morgan fingerprint density at radius 2 is 2.30 bits per heavy atom. The molecule has 2 aromatic rings. The van der Waals surface area contributed by atoms with Gasteiger partial charge in [-0.1, -0.05) is 6.92 Å². The summed E-state index contributed by atoms with van der Waals surface area (Å²) in [5, 5.41) is 5.98. The number of imidazole rings is 1. The summed E-state index contributed by atoms with van der Waals surface area (Å²) in [7, 11) is 1.74. The van der Waals surface area contributed by atoms with Crippen LogP contribution in [0.4, 0.5) is 0 Å². The molecule has 8 nitrogen and oxygen atoms in total. The number of rotatable bonds is 5. The maximum atomic E-state index is 12.0. The van der Waals surface area contributed by atoms with Gasteiger partial charge >= 0.3 is 0 Å². The largest absolute Gasteiger partial charge is 0.467 e. The Kier molecular flexibility index (Phi) is 8.14. The van der Waals surface area contributed by atoms with E-state index in [4.69, 9.17) is 4.42 Å². The Balaban J connectivity index is 0.00000261. The van der Waals surface area contributed by atoms with Crippen molar-refractivity contribution in [3.05, 3.63) is 42.9 Å². The van der Waals surface area contributed by atoms with E-state index in [9.17, 15) is 4.79 Å². The minimum atomic E-state index is -0.0981. The van der Waals surface area contributed by atoms with Crippen LogP contribution in [-0.4, -0.2) is 53.0 Å². The molecule has 3 heterocycles. The third kappa shape index (κ3) is 5.72. The van der Waals surface area contributed by atoms with Crippen molar-refractivity contribution < 1.29 is 9.21 Å². The number of carbonyl (C=O) groups excluding carboxylic acids is 1. The van der Waals surface area contributed by atoms with Crippen LogP contribution in [0, 0.1) is 5.92 Å². The second-order valence-electron chi connectivity index (χ2n) is 6.55. The number of aliphatic imine (C=N–C) groups is 1. The number of hydrogen-bond donors (Lipinski definition) is 2. The first-order valence-corrected chi connectivity index (χ1v) is 8.89. The molecular weight excluding hydrogens is 459 g/mol. The van der Waals surface area contributed by atoms with Gasteiger partial charge in [0.25, 0.3) is 0 Å². The Morgan fingerprint density at radius 1 is 1.44 bits per heavy atom. The van der Waals surface area contributed by atoms with E-state index >= 15 is 0 Å². The number of furan rings is 1. The van der Waals surface area contributed by atoms with Crippen LogP contribution in [0.25, 0.3) is 0 Å². The predicted octanol–water partition coefficient (Wildman–Crippen LogP) is 1.87. The molecule has 2 N–H and O–H groups in total. The zero-order valence-corrected chi connectivity index (χ0v) is 18.0. The van der Waals surface area contributed by atoms with Gasteiger partial charge in [-0.15, -0.1) is 24.0 Å². The lowest BCUT2D eigenvalue weighted by molar-refractivity contribution is -0.120. The van der Waals surface area contributed by atoms with Crippen molar-refractivity contribution in [3.63, 3.8) is 0 Å². The summed E-state index contributed by atoms with van der Waals surface area (Å²) in [6.45, 7) is 4.58. The van der Waals surface area contributed by atoms with Crippen LogP contribution in [-0.2, 0) is 11.3 Å². The van der Waals surface area contributed by atoms with Crippen molar-refractivity contribution in [2.75, 3.05) is 26.7 Å². The predicted molar refractivity (Wildman–Crippen MR) is 114 cm³/mol. The molecule has 1 aliphatic heterocycles. The number of nitrogens with zero attached hydrogens (tertiary/aromatic N) is 4. The molecule has 148 valence electrons. The molecule has 0 aliphatic carbocycles. The SMILES string of the molecule is CN=C(NCC(=O)NCc1ccco1)N1CCC(C)C(n2ccnc2)C1.I. The van der Waals surface area contributed by atoms with Crippen LogP contribution < -0.4 is 10.6 Å². The summed E-state index contributed by atoms with van der Waals surface area (Å²) in [6.07, 6.45) is 8.33. The van der Waals surface area contributed by atoms with Crippen molar-refractivity contribution in [1.29, 1.82) is 0 Å². The third-order valence-electron chi connectivity index (χ3n) is 4.78. The smallest absolute Gasteiger partial charge is 0.239 e. The first-order valence-electron chi connectivity index (χ1n) is 8.89. The van der Waals surface area contributed by atoms with Gasteiger partial charge in [-0.05, 0) is 24.5 Å². The highest BCUT2D eigenvalue weighted by Crippen LogP contribution is 2.27. The molecule has 3 rings (SSSR count). The van der Waals surface area contributed by atoms with E-state index in [0.717, 1.165) is 31.2 Å². The molecule has 0 spiro atoms. The zero-order chi connectivity index (χ0) is 18.4. The average molecular weight is 486 g/mol. The van der Waals surface area contributed by atoms with Crippen molar-refractivity contribution in [1.82, 2.24) is 25.1 Å². The summed E-state index contributed by atoms with van der Waals surface area (Å²) in [5.41, 5.74) is 0. The lowest BCUT2D eigenvalue weighted by atomic mass is 9.93. The summed E-state index contributed by atoms with van der Waals surface area (Å²) in [5.74, 6) is 1.94. The lowest BCUT2D eigenvalue weighted by Crippen LogP contribution is -2.50. The monoisotopic (exact) mass is 486 g/mol. The van der Waals surface area contributed by atoms with E-state index in [1.807, 2.05) is 24.8 Å². The van der Waals surface area contributed by atoms with Crippen molar-refractivity contribution >= 4 is 35.8 Å². The second-order valence-corrected chi connectivity index (χ2v) is 6.55. The minimum absolute atomic E-state index is 0. The first-order chi connectivity index (χ1) is 12.7. The molecule has 27 heavy (non-hydrogen) atoms. The number of amides is 1. The van der Waals surface area contributed by atoms with Gasteiger partial charge in [0.2, 0.25) is 5.91 Å². The Hall–Kier alpha value is -2.04. The van der Waals surface area contributed by atoms with Crippen LogP contribution in [0.1, 0.15) is 25.1 Å². The summed E-state index contributed by atoms with van der Waals surface area (Å²) in [4.78, 5) is 22.7. The fourth-order valence-corrected chi connectivity index (χ4v) is 3.25. The van der Waals surface area contributed by atoms with E-state index < -0.39 is 0 Å². The van der Waals surface area contributed by atoms with Crippen LogP contribution in [0.3, 0.4) is 0 Å². The van der Waals surface area contributed by atoms with Crippen molar-refractivity contribution in [2.24, 2.45) is 10.9 Å². The molecule has 0 aromatic carbocycles. The number of guanidine groups is 1. The summed E-state index contributed by atoms with van der Waals surface area (Å²) < 4.78 is 7.36. The Bertz CT molecular complexity index is 716. The molecule has 2 unspecified atom stereocenters. The van der Waals surface area contributed by atoms with Crippen molar-refractivity contribution in [2.45, 2.75) is 25.9 Å². The van der Waals surface area contributed by atoms with E-state index in [2.05, 4.69) is 37.0 Å². The van der Waals surface area contributed by atoms with Gasteiger partial charge in [-0.25, -0.2) is 4.98 Å². The molecule has 1 saturated heterocycles. The average Bonchev–Trinajstić information content (AvgIpc) is 3.35. The lowest BCUT2D eigenvalue weighted by Gasteiger charge is -2.39. The molecule has 0 saturated carbocycles. The second kappa shape index (κ2) is 10.3. The molecule has 2 aromatic heterocycles. The molecule has 1 fully saturated rings. The number of carbonyl (C=O) groups is 1.